The molecule has 2 aliphatic carbocycles. The van der Waals surface area contributed by atoms with Gasteiger partial charge in [0.05, 0.1) is 0 Å². The zero-order valence-electron chi connectivity index (χ0n) is 7.56. The van der Waals surface area contributed by atoms with Crippen LogP contribution in [0.3, 0.4) is 0 Å². The molecule has 0 aromatic rings. The summed E-state index contributed by atoms with van der Waals surface area (Å²) in [7, 11) is 0. The highest BCUT2D eigenvalue weighted by molar-refractivity contribution is 6.21. The Balaban J connectivity index is 1.46. The molecule has 0 saturated heterocycles. The van der Waals surface area contributed by atoms with Crippen LogP contribution in [0, 0.1) is 11.8 Å². The lowest BCUT2D eigenvalue weighted by molar-refractivity contribution is 0.265. The number of nitrogens with one attached hydrogen (secondary N) is 1. The van der Waals surface area contributed by atoms with Crippen LogP contribution in [0.25, 0.3) is 0 Å². The van der Waals surface area contributed by atoms with Gasteiger partial charge in [-0.2, -0.15) is 0 Å². The quantitative estimate of drug-likeness (QED) is 0.667. The number of alkyl halides is 1. The first kappa shape index (κ1) is 8.83. The molecular formula is C10H18ClN. The number of hydrogen-bond acceptors (Lipinski definition) is 1. The van der Waals surface area contributed by atoms with E-state index in [0.717, 1.165) is 11.8 Å². The number of rotatable bonds is 4. The topological polar surface area (TPSA) is 12.0 Å². The monoisotopic (exact) mass is 187 g/mol. The van der Waals surface area contributed by atoms with Crippen molar-refractivity contribution in [1.29, 1.82) is 0 Å². The standard InChI is InChI=1S/C10H18ClN/c11-10-4-9(5-10)7-12-6-8-2-1-3-8/h8-10,12H,1-7H2. The van der Waals surface area contributed by atoms with Crippen LogP contribution in [-0.4, -0.2) is 18.5 Å². The molecule has 0 heterocycles. The van der Waals surface area contributed by atoms with E-state index in [2.05, 4.69) is 5.32 Å². The molecular weight excluding hydrogens is 170 g/mol. The van der Waals surface area contributed by atoms with E-state index in [1.165, 1.54) is 45.2 Å². The molecule has 0 atom stereocenters. The highest BCUT2D eigenvalue weighted by Crippen LogP contribution is 2.31. The highest BCUT2D eigenvalue weighted by atomic mass is 35.5. The molecule has 0 spiro atoms. The Bertz CT molecular complexity index is 139. The van der Waals surface area contributed by atoms with E-state index in [9.17, 15) is 0 Å². The molecule has 0 radical (unpaired) electrons. The average molecular weight is 188 g/mol. The molecule has 12 heavy (non-hydrogen) atoms. The van der Waals surface area contributed by atoms with Gasteiger partial charge in [0.2, 0.25) is 0 Å². The molecule has 70 valence electrons. The van der Waals surface area contributed by atoms with Crippen molar-refractivity contribution >= 4 is 11.6 Å². The maximum atomic E-state index is 5.90. The third kappa shape index (κ3) is 2.14. The lowest BCUT2D eigenvalue weighted by Crippen LogP contribution is -2.36. The van der Waals surface area contributed by atoms with Crippen molar-refractivity contribution in [3.05, 3.63) is 0 Å². The fraction of sp³-hybridized carbons (Fsp3) is 1.00. The summed E-state index contributed by atoms with van der Waals surface area (Å²) < 4.78 is 0. The Morgan fingerprint density at radius 2 is 1.75 bits per heavy atom. The van der Waals surface area contributed by atoms with Crippen LogP contribution in [-0.2, 0) is 0 Å². The van der Waals surface area contributed by atoms with Gasteiger partial charge in [-0.25, -0.2) is 0 Å². The Labute approximate surface area is 79.9 Å². The van der Waals surface area contributed by atoms with Crippen LogP contribution in [0.5, 0.6) is 0 Å². The first-order valence-corrected chi connectivity index (χ1v) is 5.63. The molecule has 2 heteroatoms. The van der Waals surface area contributed by atoms with Crippen LogP contribution in [0.15, 0.2) is 0 Å². The van der Waals surface area contributed by atoms with Crippen molar-refractivity contribution in [2.75, 3.05) is 13.1 Å². The molecule has 1 nitrogen and oxygen atoms in total. The molecule has 2 fully saturated rings. The minimum absolute atomic E-state index is 0.487. The maximum Gasteiger partial charge on any atom is 0.0342 e. The highest BCUT2D eigenvalue weighted by Gasteiger charge is 2.27. The summed E-state index contributed by atoms with van der Waals surface area (Å²) in [5, 5.41) is 4.04. The normalized spacial score (nSPS) is 35.8. The van der Waals surface area contributed by atoms with Crippen molar-refractivity contribution < 1.29 is 0 Å². The Kier molecular flexibility index (Phi) is 2.92. The van der Waals surface area contributed by atoms with E-state index in [1.54, 1.807) is 0 Å². The molecule has 0 aliphatic heterocycles. The van der Waals surface area contributed by atoms with Gasteiger partial charge in [0.1, 0.15) is 0 Å². The molecule has 0 aromatic heterocycles. The summed E-state index contributed by atoms with van der Waals surface area (Å²) in [6, 6.07) is 0. The van der Waals surface area contributed by atoms with Crippen LogP contribution in [0.2, 0.25) is 0 Å². The largest absolute Gasteiger partial charge is 0.316 e. The fourth-order valence-corrected chi connectivity index (χ4v) is 2.51. The molecule has 0 amide bonds. The van der Waals surface area contributed by atoms with E-state index in [1.807, 2.05) is 0 Å². The lowest BCUT2D eigenvalue weighted by Gasteiger charge is -2.32. The van der Waals surface area contributed by atoms with Crippen molar-refractivity contribution in [3.63, 3.8) is 0 Å². The van der Waals surface area contributed by atoms with Crippen molar-refractivity contribution in [2.24, 2.45) is 11.8 Å². The van der Waals surface area contributed by atoms with Crippen molar-refractivity contribution in [1.82, 2.24) is 5.32 Å². The Hall–Kier alpha value is 0.250. The van der Waals surface area contributed by atoms with Crippen molar-refractivity contribution in [3.8, 4) is 0 Å². The van der Waals surface area contributed by atoms with Crippen LogP contribution >= 0.6 is 11.6 Å². The second-order valence-electron chi connectivity index (χ2n) is 4.39. The third-order valence-electron chi connectivity index (χ3n) is 3.27. The first-order valence-electron chi connectivity index (χ1n) is 5.19. The van der Waals surface area contributed by atoms with E-state index in [4.69, 9.17) is 11.6 Å². The van der Waals surface area contributed by atoms with Gasteiger partial charge in [-0.3, -0.25) is 0 Å². The summed E-state index contributed by atoms with van der Waals surface area (Å²) in [4.78, 5) is 0. The van der Waals surface area contributed by atoms with E-state index >= 15 is 0 Å². The first-order chi connectivity index (χ1) is 5.84. The molecule has 1 N–H and O–H groups in total. The predicted molar refractivity (Wildman–Crippen MR) is 52.6 cm³/mol. The maximum absolute atomic E-state index is 5.90. The fourth-order valence-electron chi connectivity index (χ4n) is 2.01. The van der Waals surface area contributed by atoms with Gasteiger partial charge in [0, 0.05) is 5.38 Å². The van der Waals surface area contributed by atoms with E-state index < -0.39 is 0 Å². The van der Waals surface area contributed by atoms with Gasteiger partial charge in [-0.05, 0) is 50.6 Å². The molecule has 0 aromatic carbocycles. The van der Waals surface area contributed by atoms with Gasteiger partial charge in [0.25, 0.3) is 0 Å². The van der Waals surface area contributed by atoms with Crippen LogP contribution in [0.4, 0.5) is 0 Å². The summed E-state index contributed by atoms with van der Waals surface area (Å²) in [5.74, 6) is 1.88. The molecule has 2 saturated carbocycles. The summed E-state index contributed by atoms with van der Waals surface area (Å²) in [6.07, 6.45) is 6.84. The second-order valence-corrected chi connectivity index (χ2v) is 5.01. The predicted octanol–water partition coefficient (Wildman–Crippen LogP) is 2.39. The summed E-state index contributed by atoms with van der Waals surface area (Å²) in [6.45, 7) is 2.46. The molecule has 2 aliphatic rings. The van der Waals surface area contributed by atoms with Gasteiger partial charge in [0.15, 0.2) is 0 Å². The minimum atomic E-state index is 0.487. The lowest BCUT2D eigenvalue weighted by atomic mass is 9.83. The zero-order chi connectivity index (χ0) is 8.39. The molecule has 0 unspecified atom stereocenters. The summed E-state index contributed by atoms with van der Waals surface area (Å²) >= 11 is 5.90. The van der Waals surface area contributed by atoms with Gasteiger partial charge in [-0.1, -0.05) is 6.42 Å². The summed E-state index contributed by atoms with van der Waals surface area (Å²) in [5.41, 5.74) is 0. The second kappa shape index (κ2) is 3.97. The Morgan fingerprint density at radius 1 is 1.08 bits per heavy atom. The van der Waals surface area contributed by atoms with Gasteiger partial charge < -0.3 is 5.32 Å². The molecule has 2 rings (SSSR count). The molecule has 0 bridgehead atoms. The van der Waals surface area contributed by atoms with Crippen LogP contribution in [0.1, 0.15) is 32.1 Å². The number of hydrogen-bond donors (Lipinski definition) is 1. The number of halogens is 1. The third-order valence-corrected chi connectivity index (χ3v) is 3.63. The van der Waals surface area contributed by atoms with Crippen LogP contribution < -0.4 is 5.32 Å². The zero-order valence-corrected chi connectivity index (χ0v) is 8.32. The van der Waals surface area contributed by atoms with E-state index in [-0.39, 0.29) is 0 Å². The van der Waals surface area contributed by atoms with Gasteiger partial charge in [-0.15, -0.1) is 11.6 Å². The van der Waals surface area contributed by atoms with Gasteiger partial charge >= 0.3 is 0 Å². The minimum Gasteiger partial charge on any atom is -0.316 e. The van der Waals surface area contributed by atoms with E-state index in [0.29, 0.717) is 5.38 Å². The smallest absolute Gasteiger partial charge is 0.0342 e. The van der Waals surface area contributed by atoms with Crippen molar-refractivity contribution in [2.45, 2.75) is 37.5 Å². The average Bonchev–Trinajstić information content (AvgIpc) is 1.90. The Morgan fingerprint density at radius 3 is 2.25 bits per heavy atom. The SMILES string of the molecule is ClC1CC(CNCC2CCC2)C1.